The lowest BCUT2D eigenvalue weighted by atomic mass is 9.85. The van der Waals surface area contributed by atoms with Gasteiger partial charge in [-0.1, -0.05) is 22.9 Å². The fourth-order valence-electron chi connectivity index (χ4n) is 3.97. The number of anilines is 1. The van der Waals surface area contributed by atoms with E-state index in [1.807, 2.05) is 32.0 Å². The van der Waals surface area contributed by atoms with Gasteiger partial charge < -0.3 is 10.1 Å². The predicted molar refractivity (Wildman–Crippen MR) is 119 cm³/mol. The quantitative estimate of drug-likeness (QED) is 0.443. The molecule has 1 aliphatic rings. The van der Waals surface area contributed by atoms with Crippen LogP contribution in [0.1, 0.15) is 36.1 Å². The van der Waals surface area contributed by atoms with E-state index in [1.54, 1.807) is 10.7 Å². The molecule has 0 saturated carbocycles. The number of hydrogen-bond donors (Lipinski definition) is 1. The van der Waals surface area contributed by atoms with E-state index in [1.165, 1.54) is 23.5 Å². The summed E-state index contributed by atoms with van der Waals surface area (Å²) in [6, 6.07) is 10.1. The fourth-order valence-corrected chi connectivity index (χ4v) is 5.11. The van der Waals surface area contributed by atoms with E-state index < -0.39 is 11.7 Å². The Kier molecular flexibility index (Phi) is 4.91. The molecule has 6 nitrogen and oxygen atoms in total. The summed E-state index contributed by atoms with van der Waals surface area (Å²) in [6.45, 7) is 4.36. The molecule has 3 heterocycles. The lowest BCUT2D eigenvalue weighted by Crippen LogP contribution is -2.25. The maximum atomic E-state index is 14.6. The SMILES string of the molecule is CCOc1ccc2nc(-n3nc(C)c4c3NC(=O)C[C@H]4c3cc(Cl)ccc3F)sc2c1. The molecular formula is C22H18ClFN4O2S. The number of aryl methyl sites for hydroxylation is 1. The molecule has 1 aliphatic heterocycles. The number of nitrogens with one attached hydrogen (secondary N) is 1. The topological polar surface area (TPSA) is 69.0 Å². The number of thiazole rings is 1. The van der Waals surface area contributed by atoms with Crippen molar-refractivity contribution < 1.29 is 13.9 Å². The second-order valence-corrected chi connectivity index (χ2v) is 8.73. The van der Waals surface area contributed by atoms with Gasteiger partial charge in [-0.05, 0) is 55.8 Å². The first-order valence-corrected chi connectivity index (χ1v) is 11.0. The summed E-state index contributed by atoms with van der Waals surface area (Å²) in [7, 11) is 0. The Morgan fingerprint density at radius 1 is 1.32 bits per heavy atom. The molecule has 0 spiro atoms. The molecule has 1 amide bonds. The van der Waals surface area contributed by atoms with Crippen LogP contribution in [0.15, 0.2) is 36.4 Å². The zero-order valence-electron chi connectivity index (χ0n) is 16.8. The first-order chi connectivity index (χ1) is 14.9. The Morgan fingerprint density at radius 2 is 2.16 bits per heavy atom. The van der Waals surface area contributed by atoms with Crippen molar-refractivity contribution >= 4 is 44.9 Å². The normalized spacial score (nSPS) is 15.7. The lowest BCUT2D eigenvalue weighted by molar-refractivity contribution is -0.116. The van der Waals surface area contributed by atoms with Gasteiger partial charge in [0.05, 0.1) is 22.5 Å². The summed E-state index contributed by atoms with van der Waals surface area (Å²) >= 11 is 7.56. The number of carbonyl (C=O) groups is 1. The van der Waals surface area contributed by atoms with Gasteiger partial charge in [0.15, 0.2) is 0 Å². The number of aromatic nitrogens is 3. The highest BCUT2D eigenvalue weighted by molar-refractivity contribution is 7.20. The molecule has 0 bridgehead atoms. The molecule has 0 unspecified atom stereocenters. The third-order valence-electron chi connectivity index (χ3n) is 5.28. The van der Waals surface area contributed by atoms with Crippen molar-refractivity contribution in [3.8, 4) is 10.9 Å². The van der Waals surface area contributed by atoms with E-state index in [2.05, 4.69) is 15.4 Å². The molecule has 9 heteroatoms. The highest BCUT2D eigenvalue weighted by Gasteiger charge is 2.34. The number of carbonyl (C=O) groups excluding carboxylic acids is 1. The van der Waals surface area contributed by atoms with Gasteiger partial charge in [-0.15, -0.1) is 0 Å². The van der Waals surface area contributed by atoms with E-state index in [0.29, 0.717) is 33.8 Å². The maximum absolute atomic E-state index is 14.6. The average molecular weight is 457 g/mol. The maximum Gasteiger partial charge on any atom is 0.226 e. The van der Waals surface area contributed by atoms with Crippen molar-refractivity contribution in [2.75, 3.05) is 11.9 Å². The van der Waals surface area contributed by atoms with E-state index >= 15 is 0 Å². The van der Waals surface area contributed by atoms with Crippen LogP contribution in [0.4, 0.5) is 10.2 Å². The zero-order valence-corrected chi connectivity index (χ0v) is 18.4. The van der Waals surface area contributed by atoms with Crippen molar-refractivity contribution in [3.05, 3.63) is 64.1 Å². The minimum atomic E-state index is -0.477. The second-order valence-electron chi connectivity index (χ2n) is 7.29. The molecule has 0 aliphatic carbocycles. The van der Waals surface area contributed by atoms with Crippen LogP contribution in [0.2, 0.25) is 5.02 Å². The van der Waals surface area contributed by atoms with Crippen LogP contribution in [0.3, 0.4) is 0 Å². The van der Waals surface area contributed by atoms with Crippen LogP contribution in [-0.2, 0) is 4.79 Å². The van der Waals surface area contributed by atoms with E-state index in [9.17, 15) is 9.18 Å². The highest BCUT2D eigenvalue weighted by atomic mass is 35.5. The minimum Gasteiger partial charge on any atom is -0.494 e. The van der Waals surface area contributed by atoms with Gasteiger partial charge in [-0.3, -0.25) is 4.79 Å². The molecule has 2 aromatic heterocycles. The monoisotopic (exact) mass is 456 g/mol. The van der Waals surface area contributed by atoms with Crippen LogP contribution >= 0.6 is 22.9 Å². The van der Waals surface area contributed by atoms with Gasteiger partial charge in [-0.25, -0.2) is 9.37 Å². The van der Waals surface area contributed by atoms with Crippen LogP contribution in [0.5, 0.6) is 5.75 Å². The number of fused-ring (bicyclic) bond motifs is 2. The minimum absolute atomic E-state index is 0.119. The third-order valence-corrected chi connectivity index (χ3v) is 6.51. The van der Waals surface area contributed by atoms with E-state index in [0.717, 1.165) is 21.5 Å². The third kappa shape index (κ3) is 3.45. The summed E-state index contributed by atoms with van der Waals surface area (Å²) in [6.07, 6.45) is 0.119. The summed E-state index contributed by atoms with van der Waals surface area (Å²) < 4.78 is 22.8. The van der Waals surface area contributed by atoms with Crippen molar-refractivity contribution in [2.24, 2.45) is 0 Å². The Balaban J connectivity index is 1.64. The number of rotatable bonds is 4. The first kappa shape index (κ1) is 20.0. The van der Waals surface area contributed by atoms with Gasteiger partial charge >= 0.3 is 0 Å². The molecule has 4 aromatic rings. The van der Waals surface area contributed by atoms with E-state index in [4.69, 9.17) is 16.3 Å². The predicted octanol–water partition coefficient (Wildman–Crippen LogP) is 5.46. The largest absolute Gasteiger partial charge is 0.494 e. The molecule has 1 N–H and O–H groups in total. The summed E-state index contributed by atoms with van der Waals surface area (Å²) in [4.78, 5) is 17.2. The Morgan fingerprint density at radius 3 is 2.97 bits per heavy atom. The van der Waals surface area contributed by atoms with Gasteiger partial charge in [0, 0.05) is 22.9 Å². The number of nitrogens with zero attached hydrogens (tertiary/aromatic N) is 3. The first-order valence-electron chi connectivity index (χ1n) is 9.82. The molecule has 1 atom stereocenters. The Labute approximate surface area is 186 Å². The van der Waals surface area contributed by atoms with Crippen LogP contribution in [0, 0.1) is 12.7 Å². The number of halogens is 2. The fraction of sp³-hybridized carbons (Fsp3) is 0.227. The van der Waals surface area contributed by atoms with Crippen LogP contribution < -0.4 is 10.1 Å². The lowest BCUT2D eigenvalue weighted by Gasteiger charge is -2.24. The highest BCUT2D eigenvalue weighted by Crippen LogP contribution is 2.42. The second kappa shape index (κ2) is 7.62. The average Bonchev–Trinajstić information content (AvgIpc) is 3.30. The summed E-state index contributed by atoms with van der Waals surface area (Å²) in [5, 5.41) is 8.58. The van der Waals surface area contributed by atoms with E-state index in [-0.39, 0.29) is 12.3 Å². The molecule has 5 rings (SSSR count). The Hall–Kier alpha value is -2.97. The van der Waals surface area contributed by atoms with Gasteiger partial charge in [0.2, 0.25) is 11.0 Å². The van der Waals surface area contributed by atoms with Crippen molar-refractivity contribution in [2.45, 2.75) is 26.2 Å². The van der Waals surface area contributed by atoms with Crippen LogP contribution in [0.25, 0.3) is 15.3 Å². The number of hydrogen-bond acceptors (Lipinski definition) is 5. The van der Waals surface area contributed by atoms with Gasteiger partial charge in [-0.2, -0.15) is 9.78 Å². The molecule has 31 heavy (non-hydrogen) atoms. The van der Waals surface area contributed by atoms with Crippen LogP contribution in [-0.4, -0.2) is 27.3 Å². The molecule has 0 radical (unpaired) electrons. The molecule has 0 fully saturated rings. The number of amides is 1. The molecule has 2 aromatic carbocycles. The summed E-state index contributed by atoms with van der Waals surface area (Å²) in [5.74, 6) is 0.203. The standard InChI is InChI=1S/C22H18ClFN4O2S/c1-3-30-13-5-7-17-18(9-13)31-22(25-17)28-21-20(11(2)27-28)15(10-19(29)26-21)14-8-12(23)4-6-16(14)24/h4-9,15H,3,10H2,1-2H3,(H,26,29)/t15-/m0/s1. The summed E-state index contributed by atoms with van der Waals surface area (Å²) in [5.41, 5.74) is 2.67. The van der Waals surface area contributed by atoms with Crippen molar-refractivity contribution in [3.63, 3.8) is 0 Å². The number of ether oxygens (including phenoxy) is 1. The van der Waals surface area contributed by atoms with Gasteiger partial charge in [0.25, 0.3) is 0 Å². The van der Waals surface area contributed by atoms with Crippen molar-refractivity contribution in [1.29, 1.82) is 0 Å². The molecule has 158 valence electrons. The zero-order chi connectivity index (χ0) is 21.7. The van der Waals surface area contributed by atoms with Crippen molar-refractivity contribution in [1.82, 2.24) is 14.8 Å². The Bertz CT molecular complexity index is 1330. The molecule has 0 saturated heterocycles. The smallest absolute Gasteiger partial charge is 0.226 e. The van der Waals surface area contributed by atoms with Gasteiger partial charge in [0.1, 0.15) is 17.4 Å². The number of benzene rings is 2. The molecular weight excluding hydrogens is 439 g/mol.